The van der Waals surface area contributed by atoms with E-state index in [1.165, 1.54) is 0 Å². The summed E-state index contributed by atoms with van der Waals surface area (Å²) in [6, 6.07) is 6.37. The maximum Gasteiger partial charge on any atom is 0.151 e. The van der Waals surface area contributed by atoms with Gasteiger partial charge in [-0.15, -0.1) is 10.2 Å². The Hall–Kier alpha value is -3.00. The fourth-order valence-corrected chi connectivity index (χ4v) is 3.43. The summed E-state index contributed by atoms with van der Waals surface area (Å²) >= 11 is 0. The SMILES string of the molecule is C[C@@H]1CN(c2ccc(-c3ncc(-c4cn[nH]c4)cc3O)nn2)C[C@H](C)N1C. The number of pyridine rings is 1. The number of hydrogen-bond acceptors (Lipinski definition) is 7. The molecule has 0 radical (unpaired) electrons. The molecule has 2 atom stereocenters. The van der Waals surface area contributed by atoms with E-state index in [-0.39, 0.29) is 5.75 Å². The molecule has 4 heterocycles. The Labute approximate surface area is 157 Å². The minimum Gasteiger partial charge on any atom is -0.506 e. The van der Waals surface area contributed by atoms with Crippen LogP contribution in [-0.2, 0) is 0 Å². The maximum absolute atomic E-state index is 10.4. The van der Waals surface area contributed by atoms with Gasteiger partial charge in [0.05, 0.1) is 6.20 Å². The monoisotopic (exact) mass is 365 g/mol. The van der Waals surface area contributed by atoms with Crippen molar-refractivity contribution < 1.29 is 5.11 Å². The molecule has 27 heavy (non-hydrogen) atoms. The number of hydrogen-bond donors (Lipinski definition) is 2. The molecule has 0 aromatic carbocycles. The zero-order chi connectivity index (χ0) is 19.0. The Morgan fingerprint density at radius 1 is 1.07 bits per heavy atom. The van der Waals surface area contributed by atoms with Crippen LogP contribution >= 0.6 is 0 Å². The molecule has 3 aromatic rings. The van der Waals surface area contributed by atoms with Crippen molar-refractivity contribution in [2.45, 2.75) is 25.9 Å². The molecule has 0 bridgehead atoms. The van der Waals surface area contributed by atoms with Crippen LogP contribution in [0.25, 0.3) is 22.5 Å². The molecule has 3 aromatic heterocycles. The Bertz CT molecular complexity index is 898. The lowest BCUT2D eigenvalue weighted by atomic mass is 10.1. The lowest BCUT2D eigenvalue weighted by molar-refractivity contribution is 0.169. The highest BCUT2D eigenvalue weighted by Gasteiger charge is 2.27. The molecule has 140 valence electrons. The first-order valence-corrected chi connectivity index (χ1v) is 9.02. The van der Waals surface area contributed by atoms with Gasteiger partial charge in [-0.25, -0.2) is 4.98 Å². The number of nitrogens with one attached hydrogen (secondary N) is 1. The zero-order valence-electron chi connectivity index (χ0n) is 15.7. The third-order valence-electron chi connectivity index (χ3n) is 5.28. The van der Waals surface area contributed by atoms with Gasteiger partial charge >= 0.3 is 0 Å². The average Bonchev–Trinajstić information content (AvgIpc) is 3.21. The summed E-state index contributed by atoms with van der Waals surface area (Å²) in [7, 11) is 2.16. The van der Waals surface area contributed by atoms with Crippen LogP contribution < -0.4 is 4.90 Å². The summed E-state index contributed by atoms with van der Waals surface area (Å²) in [5.74, 6) is 0.914. The van der Waals surface area contributed by atoms with Crippen molar-refractivity contribution in [2.75, 3.05) is 25.0 Å². The van der Waals surface area contributed by atoms with Crippen molar-refractivity contribution >= 4 is 5.82 Å². The first-order chi connectivity index (χ1) is 13.0. The molecule has 0 amide bonds. The van der Waals surface area contributed by atoms with Gasteiger partial charge in [0.2, 0.25) is 0 Å². The third kappa shape index (κ3) is 3.35. The van der Waals surface area contributed by atoms with Gasteiger partial charge < -0.3 is 10.0 Å². The summed E-state index contributed by atoms with van der Waals surface area (Å²) in [5.41, 5.74) is 2.62. The standard InChI is InChI=1S/C19H23N7O/c1-12-10-26(11-13(2)25(12)3)18-5-4-16(23-24-18)19-17(27)6-14(7-20-19)15-8-21-22-9-15/h4-9,12-13,27H,10-11H2,1-3H3,(H,21,22)/t12-,13+. The summed E-state index contributed by atoms with van der Waals surface area (Å²) in [6.45, 7) is 6.26. The Morgan fingerprint density at radius 2 is 1.85 bits per heavy atom. The largest absolute Gasteiger partial charge is 0.506 e. The number of aromatic amines is 1. The van der Waals surface area contributed by atoms with Crippen LogP contribution in [0.2, 0.25) is 0 Å². The first kappa shape index (κ1) is 17.4. The van der Waals surface area contributed by atoms with Gasteiger partial charge in [-0.3, -0.25) is 10.00 Å². The fourth-order valence-electron chi connectivity index (χ4n) is 3.43. The maximum atomic E-state index is 10.4. The predicted octanol–water partition coefficient (Wildman–Crippen LogP) is 2.16. The van der Waals surface area contributed by atoms with Crippen LogP contribution in [-0.4, -0.2) is 67.6 Å². The van der Waals surface area contributed by atoms with Gasteiger partial charge in [0, 0.05) is 48.7 Å². The normalized spacial score (nSPS) is 20.8. The van der Waals surface area contributed by atoms with E-state index >= 15 is 0 Å². The van der Waals surface area contributed by atoms with E-state index in [4.69, 9.17) is 0 Å². The third-order valence-corrected chi connectivity index (χ3v) is 5.28. The minimum atomic E-state index is 0.0672. The topological polar surface area (TPSA) is 94.1 Å². The molecular weight excluding hydrogens is 342 g/mol. The summed E-state index contributed by atoms with van der Waals surface area (Å²) in [5, 5.41) is 25.7. The van der Waals surface area contributed by atoms with E-state index in [1.807, 2.05) is 12.1 Å². The highest BCUT2D eigenvalue weighted by Crippen LogP contribution is 2.30. The smallest absolute Gasteiger partial charge is 0.151 e. The first-order valence-electron chi connectivity index (χ1n) is 9.02. The van der Waals surface area contributed by atoms with Crippen LogP contribution in [0.1, 0.15) is 13.8 Å². The molecule has 0 spiro atoms. The second kappa shape index (κ2) is 6.96. The zero-order valence-corrected chi connectivity index (χ0v) is 15.7. The summed E-state index contributed by atoms with van der Waals surface area (Å²) in [4.78, 5) is 8.99. The van der Waals surface area contributed by atoms with Crippen LogP contribution in [0.5, 0.6) is 5.75 Å². The minimum absolute atomic E-state index is 0.0672. The van der Waals surface area contributed by atoms with Gasteiger partial charge in [0.1, 0.15) is 17.1 Å². The van der Waals surface area contributed by atoms with Gasteiger partial charge in [0.25, 0.3) is 0 Å². The molecule has 1 saturated heterocycles. The molecule has 1 fully saturated rings. The molecule has 4 rings (SSSR count). The number of aromatic hydroxyl groups is 1. The molecule has 8 nitrogen and oxygen atoms in total. The van der Waals surface area contributed by atoms with Crippen LogP contribution in [0, 0.1) is 0 Å². The Morgan fingerprint density at radius 3 is 2.44 bits per heavy atom. The number of aromatic nitrogens is 5. The number of anilines is 1. The van der Waals surface area contributed by atoms with Crippen molar-refractivity contribution in [2.24, 2.45) is 0 Å². The Balaban J connectivity index is 1.56. The van der Waals surface area contributed by atoms with Gasteiger partial charge in [-0.05, 0) is 39.1 Å². The van der Waals surface area contributed by atoms with Crippen LogP contribution in [0.3, 0.4) is 0 Å². The average molecular weight is 365 g/mol. The van der Waals surface area contributed by atoms with E-state index in [0.717, 1.165) is 30.0 Å². The van der Waals surface area contributed by atoms with Crippen molar-refractivity contribution in [1.29, 1.82) is 0 Å². The van der Waals surface area contributed by atoms with E-state index in [0.29, 0.717) is 23.5 Å². The molecule has 2 N–H and O–H groups in total. The van der Waals surface area contributed by atoms with Crippen molar-refractivity contribution in [3.8, 4) is 28.3 Å². The molecule has 0 aliphatic carbocycles. The lowest BCUT2D eigenvalue weighted by Crippen LogP contribution is -2.55. The second-order valence-electron chi connectivity index (χ2n) is 7.12. The van der Waals surface area contributed by atoms with E-state index in [9.17, 15) is 5.11 Å². The summed E-state index contributed by atoms with van der Waals surface area (Å²) in [6.07, 6.45) is 5.13. The Kier molecular flexibility index (Phi) is 4.49. The van der Waals surface area contributed by atoms with Crippen molar-refractivity contribution in [1.82, 2.24) is 30.3 Å². The number of piperazine rings is 1. The van der Waals surface area contributed by atoms with Crippen LogP contribution in [0.15, 0.2) is 36.8 Å². The number of likely N-dealkylation sites (N-methyl/N-ethyl adjacent to an activating group) is 1. The van der Waals surface area contributed by atoms with Crippen molar-refractivity contribution in [3.63, 3.8) is 0 Å². The van der Waals surface area contributed by atoms with Crippen LogP contribution in [0.4, 0.5) is 5.82 Å². The van der Waals surface area contributed by atoms with Gasteiger partial charge in [-0.2, -0.15) is 5.10 Å². The quantitative estimate of drug-likeness (QED) is 0.734. The number of rotatable bonds is 3. The molecule has 0 saturated carbocycles. The molecule has 1 aliphatic heterocycles. The fraction of sp³-hybridized carbons (Fsp3) is 0.368. The lowest BCUT2D eigenvalue weighted by Gasteiger charge is -2.42. The highest BCUT2D eigenvalue weighted by atomic mass is 16.3. The number of H-pyrrole nitrogens is 1. The number of nitrogens with zero attached hydrogens (tertiary/aromatic N) is 6. The summed E-state index contributed by atoms with van der Waals surface area (Å²) < 4.78 is 0. The van der Waals surface area contributed by atoms with Gasteiger partial charge in [0.15, 0.2) is 5.82 Å². The van der Waals surface area contributed by atoms with E-state index in [2.05, 4.69) is 56.1 Å². The highest BCUT2D eigenvalue weighted by molar-refractivity contribution is 5.69. The van der Waals surface area contributed by atoms with Gasteiger partial charge in [-0.1, -0.05) is 0 Å². The molecular formula is C19H23N7O. The van der Waals surface area contributed by atoms with Crippen molar-refractivity contribution in [3.05, 3.63) is 36.8 Å². The molecule has 1 aliphatic rings. The predicted molar refractivity (Wildman–Crippen MR) is 103 cm³/mol. The molecule has 0 unspecified atom stereocenters. The van der Waals surface area contributed by atoms with E-state index < -0.39 is 0 Å². The molecule has 8 heteroatoms. The van der Waals surface area contributed by atoms with E-state index in [1.54, 1.807) is 24.7 Å². The second-order valence-corrected chi connectivity index (χ2v) is 7.12.